The van der Waals surface area contributed by atoms with Crippen molar-refractivity contribution in [2.75, 3.05) is 6.61 Å². The molecule has 162 valence electrons. The number of hydrogen-bond acceptors (Lipinski definition) is 7. The number of benzene rings is 1. The van der Waals surface area contributed by atoms with E-state index in [1.54, 1.807) is 18.3 Å². The van der Waals surface area contributed by atoms with Gasteiger partial charge in [0.05, 0.1) is 18.8 Å². The normalized spacial score (nSPS) is 15.8. The second kappa shape index (κ2) is 8.22. The lowest BCUT2D eigenvalue weighted by atomic mass is 10.1. The Kier molecular flexibility index (Phi) is 5.46. The minimum absolute atomic E-state index is 0.181. The molecule has 1 aliphatic heterocycles. The molecule has 0 saturated heterocycles. The molecule has 0 amide bonds. The van der Waals surface area contributed by atoms with Crippen LogP contribution in [0.15, 0.2) is 48.8 Å². The lowest BCUT2D eigenvalue weighted by molar-refractivity contribution is -0.389. The van der Waals surface area contributed by atoms with Crippen LogP contribution in [0.5, 0.6) is 11.8 Å². The van der Waals surface area contributed by atoms with E-state index in [9.17, 15) is 23.3 Å². The molecule has 31 heavy (non-hydrogen) atoms. The molecular weight excluding hydrogens is 421 g/mol. The summed E-state index contributed by atoms with van der Waals surface area (Å²) in [4.78, 5) is 18.3. The number of fused-ring (bicyclic) bond motifs is 1. The largest absolute Gasteiger partial charge is 0.573 e. The van der Waals surface area contributed by atoms with Crippen molar-refractivity contribution >= 4 is 5.82 Å². The number of imidazole rings is 1. The fraction of sp³-hybridized carbons (Fsp3) is 0.263. The van der Waals surface area contributed by atoms with Gasteiger partial charge in [-0.1, -0.05) is 18.2 Å². The number of pyridine rings is 1. The number of halogens is 3. The zero-order chi connectivity index (χ0) is 22.0. The van der Waals surface area contributed by atoms with Crippen LogP contribution in [-0.2, 0) is 17.9 Å². The van der Waals surface area contributed by atoms with E-state index in [4.69, 9.17) is 9.47 Å². The van der Waals surface area contributed by atoms with Crippen molar-refractivity contribution in [3.05, 3.63) is 64.6 Å². The van der Waals surface area contributed by atoms with Crippen LogP contribution < -0.4 is 9.47 Å². The number of aromatic nitrogens is 3. The lowest BCUT2D eigenvalue weighted by Crippen LogP contribution is -2.32. The lowest BCUT2D eigenvalue weighted by Gasteiger charge is -2.22. The van der Waals surface area contributed by atoms with E-state index in [1.165, 1.54) is 35.0 Å². The number of alkyl halides is 3. The SMILES string of the molecule is O=[N+]([O-])c1cn2c(n1)OC[C@H](OCc1ccc(-c3ccc(OC(F)(F)F)cc3)cn1)C2. The Morgan fingerprint density at radius 1 is 1.19 bits per heavy atom. The molecule has 4 rings (SSSR count). The third-order valence-electron chi connectivity index (χ3n) is 4.43. The van der Waals surface area contributed by atoms with E-state index in [0.717, 1.165) is 5.56 Å². The zero-order valence-electron chi connectivity index (χ0n) is 15.8. The summed E-state index contributed by atoms with van der Waals surface area (Å²) >= 11 is 0. The Morgan fingerprint density at radius 2 is 1.94 bits per heavy atom. The Hall–Kier alpha value is -3.67. The first-order chi connectivity index (χ1) is 14.8. The quantitative estimate of drug-likeness (QED) is 0.429. The molecule has 0 bridgehead atoms. The molecule has 1 atom stereocenters. The molecule has 0 N–H and O–H groups in total. The molecule has 3 heterocycles. The van der Waals surface area contributed by atoms with Crippen LogP contribution in [0, 0.1) is 10.1 Å². The van der Waals surface area contributed by atoms with Gasteiger partial charge in [-0.3, -0.25) is 9.55 Å². The molecule has 0 spiro atoms. The molecular formula is C19H15F3N4O5. The monoisotopic (exact) mass is 436 g/mol. The fourth-order valence-electron chi connectivity index (χ4n) is 2.99. The van der Waals surface area contributed by atoms with Crippen LogP contribution in [0.3, 0.4) is 0 Å². The maximum Gasteiger partial charge on any atom is 0.573 e. The Morgan fingerprint density at radius 3 is 2.58 bits per heavy atom. The number of hydrogen-bond donors (Lipinski definition) is 0. The van der Waals surface area contributed by atoms with Crippen molar-refractivity contribution in [1.82, 2.24) is 14.5 Å². The second-order valence-electron chi connectivity index (χ2n) is 6.65. The Bertz CT molecular complexity index is 1070. The number of nitro groups is 1. The van der Waals surface area contributed by atoms with E-state index in [1.807, 2.05) is 0 Å². The summed E-state index contributed by atoms with van der Waals surface area (Å²) in [6, 6.07) is 9.19. The number of rotatable bonds is 6. The smallest absolute Gasteiger partial charge is 0.443 e. The van der Waals surface area contributed by atoms with Crippen LogP contribution >= 0.6 is 0 Å². The number of nitrogens with zero attached hydrogens (tertiary/aromatic N) is 4. The van der Waals surface area contributed by atoms with Crippen LogP contribution in [-0.4, -0.2) is 38.5 Å². The first-order valence-electron chi connectivity index (χ1n) is 9.04. The van der Waals surface area contributed by atoms with E-state index in [0.29, 0.717) is 17.8 Å². The van der Waals surface area contributed by atoms with Gasteiger partial charge in [0.25, 0.3) is 0 Å². The molecule has 0 radical (unpaired) electrons. The summed E-state index contributed by atoms with van der Waals surface area (Å²) in [6.45, 7) is 0.762. The van der Waals surface area contributed by atoms with Crippen molar-refractivity contribution in [2.24, 2.45) is 0 Å². The van der Waals surface area contributed by atoms with Crippen LogP contribution in [0.2, 0.25) is 0 Å². The Balaban J connectivity index is 1.33. The molecule has 12 heteroatoms. The van der Waals surface area contributed by atoms with Gasteiger partial charge in [-0.2, -0.15) is 0 Å². The average Bonchev–Trinajstić information content (AvgIpc) is 3.16. The topological polar surface area (TPSA) is 102 Å². The van der Waals surface area contributed by atoms with E-state index >= 15 is 0 Å². The highest BCUT2D eigenvalue weighted by molar-refractivity contribution is 5.63. The standard InChI is InChI=1S/C19H15F3N4O5/c20-19(21,22)31-15-5-2-12(3-6-15)13-1-4-14(23-7-13)10-29-16-8-25-9-17(26(27)28)24-18(25)30-11-16/h1-7,9,16H,8,10-11H2/t16-/m1/s1. The summed E-state index contributed by atoms with van der Waals surface area (Å²) in [5.74, 6) is -0.582. The highest BCUT2D eigenvalue weighted by Gasteiger charge is 2.31. The predicted molar refractivity (Wildman–Crippen MR) is 99.3 cm³/mol. The maximum atomic E-state index is 12.2. The van der Waals surface area contributed by atoms with E-state index in [2.05, 4.69) is 14.7 Å². The molecule has 9 nitrogen and oxygen atoms in total. The summed E-state index contributed by atoms with van der Waals surface area (Å²) in [7, 11) is 0. The van der Waals surface area contributed by atoms with Gasteiger partial charge in [0, 0.05) is 16.7 Å². The second-order valence-corrected chi connectivity index (χ2v) is 6.65. The highest BCUT2D eigenvalue weighted by Crippen LogP contribution is 2.27. The van der Waals surface area contributed by atoms with Gasteiger partial charge in [-0.25, -0.2) is 0 Å². The first-order valence-corrected chi connectivity index (χ1v) is 9.04. The third kappa shape index (κ3) is 5.09. The molecule has 0 unspecified atom stereocenters. The summed E-state index contributed by atoms with van der Waals surface area (Å²) < 4.78 is 53.3. The molecule has 1 aliphatic rings. The minimum atomic E-state index is -4.73. The van der Waals surface area contributed by atoms with Gasteiger partial charge in [0.15, 0.2) is 0 Å². The van der Waals surface area contributed by atoms with Crippen LogP contribution in [0.1, 0.15) is 5.69 Å². The van der Waals surface area contributed by atoms with E-state index in [-0.39, 0.29) is 36.9 Å². The molecule has 1 aromatic carbocycles. The minimum Gasteiger partial charge on any atom is -0.443 e. The molecule has 2 aromatic heterocycles. The molecule has 0 fully saturated rings. The van der Waals surface area contributed by atoms with Crippen molar-refractivity contribution in [3.63, 3.8) is 0 Å². The van der Waals surface area contributed by atoms with Crippen molar-refractivity contribution in [1.29, 1.82) is 0 Å². The zero-order valence-corrected chi connectivity index (χ0v) is 15.8. The average molecular weight is 436 g/mol. The maximum absolute atomic E-state index is 12.2. The van der Waals surface area contributed by atoms with Crippen molar-refractivity contribution < 1.29 is 32.3 Å². The van der Waals surface area contributed by atoms with Crippen molar-refractivity contribution in [2.45, 2.75) is 25.6 Å². The highest BCUT2D eigenvalue weighted by atomic mass is 19.4. The van der Waals surface area contributed by atoms with Gasteiger partial charge in [-0.15, -0.1) is 13.2 Å². The van der Waals surface area contributed by atoms with Crippen molar-refractivity contribution in [3.8, 4) is 22.9 Å². The van der Waals surface area contributed by atoms with Gasteiger partial charge in [0.1, 0.15) is 24.7 Å². The van der Waals surface area contributed by atoms with Crippen LogP contribution in [0.25, 0.3) is 11.1 Å². The number of ether oxygens (including phenoxy) is 3. The van der Waals surface area contributed by atoms with E-state index < -0.39 is 11.3 Å². The van der Waals surface area contributed by atoms with Gasteiger partial charge >= 0.3 is 18.2 Å². The summed E-state index contributed by atoms with van der Waals surface area (Å²) in [6.07, 6.45) is -2.18. The molecule has 0 saturated carbocycles. The molecule has 3 aromatic rings. The first kappa shape index (κ1) is 20.6. The summed E-state index contributed by atoms with van der Waals surface area (Å²) in [5, 5.41) is 10.8. The van der Waals surface area contributed by atoms with Crippen LogP contribution in [0.4, 0.5) is 19.0 Å². The molecule has 0 aliphatic carbocycles. The Labute approximate surface area is 173 Å². The fourth-order valence-corrected chi connectivity index (χ4v) is 2.99. The van der Waals surface area contributed by atoms with Gasteiger partial charge in [-0.05, 0) is 28.7 Å². The third-order valence-corrected chi connectivity index (χ3v) is 4.43. The summed E-state index contributed by atoms with van der Waals surface area (Å²) in [5.41, 5.74) is 2.05. The predicted octanol–water partition coefficient (Wildman–Crippen LogP) is 3.73. The van der Waals surface area contributed by atoms with Gasteiger partial charge < -0.3 is 24.3 Å². The van der Waals surface area contributed by atoms with Gasteiger partial charge in [0.2, 0.25) is 0 Å².